The van der Waals surface area contributed by atoms with Gasteiger partial charge in [-0.3, -0.25) is 4.79 Å². The molecule has 0 rings (SSSR count). The van der Waals surface area contributed by atoms with E-state index in [0.717, 1.165) is 25.9 Å². The lowest BCUT2D eigenvalue weighted by Crippen LogP contribution is -2.33. The zero-order valence-electron chi connectivity index (χ0n) is 15.8. The summed E-state index contributed by atoms with van der Waals surface area (Å²) in [6.07, 6.45) is 16.3. The van der Waals surface area contributed by atoms with Crippen LogP contribution in [0.25, 0.3) is 0 Å². The predicted octanol–water partition coefficient (Wildman–Crippen LogP) is 5.31. The first-order valence-corrected chi connectivity index (χ1v) is 10.1. The number of hydrogen-bond acceptors (Lipinski definition) is 2. The molecule has 0 saturated heterocycles. The first-order chi connectivity index (χ1) is 11.3. The van der Waals surface area contributed by atoms with Crippen molar-refractivity contribution in [1.29, 1.82) is 0 Å². The van der Waals surface area contributed by atoms with Gasteiger partial charge in [-0.15, -0.1) is 0 Å². The number of nitrogens with zero attached hydrogens (tertiary/aromatic N) is 1. The standard InChI is InChI=1S/C20H41NO2/c1-3-5-7-9-11-13-17-21(20(23)16-15-19-22)18-14-12-10-8-6-4-2/h22H,3-19H2,1-2H3. The number of hydrogen-bond donors (Lipinski definition) is 1. The summed E-state index contributed by atoms with van der Waals surface area (Å²) in [6, 6.07) is 0. The van der Waals surface area contributed by atoms with Gasteiger partial charge in [0.2, 0.25) is 5.91 Å². The highest BCUT2D eigenvalue weighted by Gasteiger charge is 2.12. The molecule has 0 heterocycles. The van der Waals surface area contributed by atoms with E-state index < -0.39 is 0 Å². The molecule has 0 atom stereocenters. The first kappa shape index (κ1) is 22.4. The highest BCUT2D eigenvalue weighted by Crippen LogP contribution is 2.10. The van der Waals surface area contributed by atoms with Gasteiger partial charge in [0.15, 0.2) is 0 Å². The van der Waals surface area contributed by atoms with Crippen LogP contribution in [-0.2, 0) is 4.79 Å². The Labute approximate surface area is 144 Å². The topological polar surface area (TPSA) is 40.5 Å². The molecule has 3 heteroatoms. The van der Waals surface area contributed by atoms with E-state index in [1.54, 1.807) is 0 Å². The lowest BCUT2D eigenvalue weighted by molar-refractivity contribution is -0.131. The SMILES string of the molecule is CCCCCCCCN(CCCCCCCC)C(=O)CCCO. The molecule has 0 aliphatic rings. The number of amides is 1. The van der Waals surface area contributed by atoms with Crippen molar-refractivity contribution in [3.8, 4) is 0 Å². The van der Waals surface area contributed by atoms with Crippen molar-refractivity contribution in [3.05, 3.63) is 0 Å². The van der Waals surface area contributed by atoms with Gasteiger partial charge in [0.25, 0.3) is 0 Å². The second-order valence-electron chi connectivity index (χ2n) is 6.74. The van der Waals surface area contributed by atoms with Crippen LogP contribution in [0, 0.1) is 0 Å². The number of rotatable bonds is 17. The van der Waals surface area contributed by atoms with Crippen molar-refractivity contribution >= 4 is 5.91 Å². The summed E-state index contributed by atoms with van der Waals surface area (Å²) in [6.45, 7) is 6.41. The Morgan fingerprint density at radius 3 is 1.57 bits per heavy atom. The van der Waals surface area contributed by atoms with Gasteiger partial charge >= 0.3 is 0 Å². The average molecular weight is 328 g/mol. The van der Waals surface area contributed by atoms with Gasteiger partial charge in [-0.2, -0.15) is 0 Å². The third-order valence-corrected chi connectivity index (χ3v) is 4.46. The van der Waals surface area contributed by atoms with Crippen molar-refractivity contribution in [2.24, 2.45) is 0 Å². The smallest absolute Gasteiger partial charge is 0.222 e. The molecule has 0 aromatic rings. The molecule has 0 radical (unpaired) electrons. The lowest BCUT2D eigenvalue weighted by atomic mass is 10.1. The summed E-state index contributed by atoms with van der Waals surface area (Å²) in [5, 5.41) is 8.92. The molecule has 0 bridgehead atoms. The quantitative estimate of drug-likeness (QED) is 0.368. The van der Waals surface area contributed by atoms with Crippen molar-refractivity contribution in [1.82, 2.24) is 4.90 Å². The molecule has 1 amide bonds. The summed E-state index contributed by atoms with van der Waals surface area (Å²) in [4.78, 5) is 14.3. The third kappa shape index (κ3) is 14.7. The van der Waals surface area contributed by atoms with E-state index in [4.69, 9.17) is 5.11 Å². The van der Waals surface area contributed by atoms with Crippen LogP contribution in [0.15, 0.2) is 0 Å². The lowest BCUT2D eigenvalue weighted by Gasteiger charge is -2.23. The van der Waals surface area contributed by atoms with E-state index in [1.165, 1.54) is 64.2 Å². The fourth-order valence-corrected chi connectivity index (χ4v) is 2.92. The van der Waals surface area contributed by atoms with Crippen LogP contribution >= 0.6 is 0 Å². The highest BCUT2D eigenvalue weighted by atomic mass is 16.3. The maximum Gasteiger partial charge on any atom is 0.222 e. The average Bonchev–Trinajstić information content (AvgIpc) is 2.56. The van der Waals surface area contributed by atoms with Crippen LogP contribution < -0.4 is 0 Å². The Balaban J connectivity index is 3.91. The molecule has 0 aliphatic heterocycles. The molecular formula is C20H41NO2. The Kier molecular flexibility index (Phi) is 17.3. The van der Waals surface area contributed by atoms with Crippen molar-refractivity contribution < 1.29 is 9.90 Å². The van der Waals surface area contributed by atoms with Crippen LogP contribution in [0.4, 0.5) is 0 Å². The second-order valence-corrected chi connectivity index (χ2v) is 6.74. The molecular weight excluding hydrogens is 286 g/mol. The molecule has 0 aromatic heterocycles. The number of aliphatic hydroxyl groups excluding tert-OH is 1. The van der Waals surface area contributed by atoms with E-state index in [9.17, 15) is 4.79 Å². The monoisotopic (exact) mass is 327 g/mol. The van der Waals surface area contributed by atoms with Crippen molar-refractivity contribution in [2.75, 3.05) is 19.7 Å². The van der Waals surface area contributed by atoms with Gasteiger partial charge in [0, 0.05) is 26.1 Å². The summed E-state index contributed by atoms with van der Waals surface area (Å²) >= 11 is 0. The fraction of sp³-hybridized carbons (Fsp3) is 0.950. The second kappa shape index (κ2) is 17.8. The maximum absolute atomic E-state index is 12.2. The summed E-state index contributed by atoms with van der Waals surface area (Å²) in [5.41, 5.74) is 0. The minimum atomic E-state index is 0.119. The maximum atomic E-state index is 12.2. The van der Waals surface area contributed by atoms with Gasteiger partial charge < -0.3 is 10.0 Å². The van der Waals surface area contributed by atoms with Crippen LogP contribution in [0.2, 0.25) is 0 Å². The first-order valence-electron chi connectivity index (χ1n) is 10.1. The summed E-state index contributed by atoms with van der Waals surface area (Å²) in [7, 11) is 0. The Morgan fingerprint density at radius 2 is 1.13 bits per heavy atom. The number of aliphatic hydroxyl groups is 1. The molecule has 1 N–H and O–H groups in total. The van der Waals surface area contributed by atoms with Crippen LogP contribution in [0.5, 0.6) is 0 Å². The van der Waals surface area contributed by atoms with Gasteiger partial charge in [0.1, 0.15) is 0 Å². The van der Waals surface area contributed by atoms with Crippen LogP contribution in [-0.4, -0.2) is 35.6 Å². The zero-order chi connectivity index (χ0) is 17.2. The van der Waals surface area contributed by atoms with Gasteiger partial charge in [-0.25, -0.2) is 0 Å². The molecule has 0 saturated carbocycles. The number of unbranched alkanes of at least 4 members (excludes halogenated alkanes) is 10. The van der Waals surface area contributed by atoms with E-state index >= 15 is 0 Å². The molecule has 0 unspecified atom stereocenters. The molecule has 3 nitrogen and oxygen atoms in total. The molecule has 0 aliphatic carbocycles. The Bertz CT molecular complexity index is 240. The summed E-state index contributed by atoms with van der Waals surface area (Å²) in [5.74, 6) is 0.237. The Hall–Kier alpha value is -0.570. The normalized spacial score (nSPS) is 10.9. The molecule has 23 heavy (non-hydrogen) atoms. The largest absolute Gasteiger partial charge is 0.396 e. The van der Waals surface area contributed by atoms with Crippen LogP contribution in [0.1, 0.15) is 104 Å². The summed E-state index contributed by atoms with van der Waals surface area (Å²) < 4.78 is 0. The van der Waals surface area contributed by atoms with Gasteiger partial charge in [0.05, 0.1) is 0 Å². The van der Waals surface area contributed by atoms with E-state index in [1.807, 2.05) is 0 Å². The fourth-order valence-electron chi connectivity index (χ4n) is 2.92. The van der Waals surface area contributed by atoms with Crippen molar-refractivity contribution in [3.63, 3.8) is 0 Å². The van der Waals surface area contributed by atoms with Crippen molar-refractivity contribution in [2.45, 2.75) is 104 Å². The van der Waals surface area contributed by atoms with Crippen LogP contribution in [0.3, 0.4) is 0 Å². The third-order valence-electron chi connectivity index (χ3n) is 4.46. The Morgan fingerprint density at radius 1 is 0.696 bits per heavy atom. The number of carbonyl (C=O) groups is 1. The molecule has 0 aromatic carbocycles. The minimum absolute atomic E-state index is 0.119. The van der Waals surface area contributed by atoms with E-state index in [-0.39, 0.29) is 12.5 Å². The zero-order valence-corrected chi connectivity index (χ0v) is 15.8. The van der Waals surface area contributed by atoms with Gasteiger partial charge in [-0.05, 0) is 19.3 Å². The minimum Gasteiger partial charge on any atom is -0.396 e. The molecule has 138 valence electrons. The molecule has 0 spiro atoms. The predicted molar refractivity (Wildman–Crippen MR) is 99.7 cm³/mol. The highest BCUT2D eigenvalue weighted by molar-refractivity contribution is 5.76. The van der Waals surface area contributed by atoms with E-state index in [0.29, 0.717) is 12.8 Å². The van der Waals surface area contributed by atoms with Gasteiger partial charge in [-0.1, -0.05) is 78.1 Å². The number of carbonyl (C=O) groups excluding carboxylic acids is 1. The molecule has 0 fully saturated rings. The van der Waals surface area contributed by atoms with E-state index in [2.05, 4.69) is 18.7 Å².